The standard InChI is InChI=1S/C17H20N2O3/c1-17(2,3)22-16(20)19-10-5-4-8-13(19)12-7-6-9-14-15(12)18-11-21-14/h6-9,11H,4-5,10H2,1-3H3. The van der Waals surface area contributed by atoms with E-state index >= 15 is 0 Å². The molecule has 116 valence electrons. The normalized spacial score (nSPS) is 15.8. The van der Waals surface area contributed by atoms with Crippen LogP contribution in [0.25, 0.3) is 16.8 Å². The molecular weight excluding hydrogens is 280 g/mol. The molecule has 0 N–H and O–H groups in total. The molecule has 0 spiro atoms. The summed E-state index contributed by atoms with van der Waals surface area (Å²) in [6.07, 6.45) is 5.03. The van der Waals surface area contributed by atoms with Crippen molar-refractivity contribution in [1.29, 1.82) is 0 Å². The summed E-state index contributed by atoms with van der Waals surface area (Å²) < 4.78 is 10.9. The molecule has 0 aliphatic carbocycles. The number of hydrogen-bond acceptors (Lipinski definition) is 4. The molecule has 1 aliphatic rings. The van der Waals surface area contributed by atoms with Gasteiger partial charge in [0.1, 0.15) is 11.1 Å². The van der Waals surface area contributed by atoms with Gasteiger partial charge >= 0.3 is 6.09 Å². The van der Waals surface area contributed by atoms with Crippen LogP contribution >= 0.6 is 0 Å². The Labute approximate surface area is 129 Å². The number of oxazole rings is 1. The zero-order chi connectivity index (χ0) is 15.7. The summed E-state index contributed by atoms with van der Waals surface area (Å²) >= 11 is 0. The molecule has 3 rings (SSSR count). The number of carbonyl (C=O) groups is 1. The van der Waals surface area contributed by atoms with Gasteiger partial charge in [-0.3, -0.25) is 4.90 Å². The van der Waals surface area contributed by atoms with Crippen LogP contribution in [0.4, 0.5) is 4.79 Å². The smallest absolute Gasteiger partial charge is 0.414 e. The van der Waals surface area contributed by atoms with Crippen molar-refractivity contribution >= 4 is 22.9 Å². The van der Waals surface area contributed by atoms with E-state index in [0.29, 0.717) is 12.1 Å². The second-order valence-corrected chi connectivity index (χ2v) is 6.37. The molecular formula is C17H20N2O3. The van der Waals surface area contributed by atoms with Gasteiger partial charge in [-0.15, -0.1) is 0 Å². The Hall–Kier alpha value is -2.30. The summed E-state index contributed by atoms with van der Waals surface area (Å²) in [4.78, 5) is 18.5. The molecule has 0 unspecified atom stereocenters. The number of fused-ring (bicyclic) bond motifs is 1. The lowest BCUT2D eigenvalue weighted by molar-refractivity contribution is 0.0347. The molecule has 5 heteroatoms. The predicted octanol–water partition coefficient (Wildman–Crippen LogP) is 4.20. The summed E-state index contributed by atoms with van der Waals surface area (Å²) in [5, 5.41) is 0. The van der Waals surface area contributed by atoms with Crippen LogP contribution in [0, 0.1) is 0 Å². The average molecular weight is 300 g/mol. The maximum Gasteiger partial charge on any atom is 0.414 e. The third-order valence-electron chi connectivity index (χ3n) is 3.46. The Morgan fingerprint density at radius 3 is 2.95 bits per heavy atom. The van der Waals surface area contributed by atoms with Gasteiger partial charge in [0, 0.05) is 12.1 Å². The number of rotatable bonds is 1. The fraction of sp³-hybridized carbons (Fsp3) is 0.412. The monoisotopic (exact) mass is 300 g/mol. The maximum absolute atomic E-state index is 12.5. The van der Waals surface area contributed by atoms with Gasteiger partial charge in [0.05, 0.1) is 5.70 Å². The van der Waals surface area contributed by atoms with E-state index in [1.807, 2.05) is 39.0 Å². The van der Waals surface area contributed by atoms with Gasteiger partial charge in [0.2, 0.25) is 0 Å². The Kier molecular flexibility index (Phi) is 3.64. The summed E-state index contributed by atoms with van der Waals surface area (Å²) in [6, 6.07) is 5.73. The van der Waals surface area contributed by atoms with E-state index in [2.05, 4.69) is 11.1 Å². The first-order valence-electron chi connectivity index (χ1n) is 7.49. The zero-order valence-corrected chi connectivity index (χ0v) is 13.1. The van der Waals surface area contributed by atoms with E-state index < -0.39 is 5.60 Å². The predicted molar refractivity (Wildman–Crippen MR) is 84.2 cm³/mol. The lowest BCUT2D eigenvalue weighted by Gasteiger charge is -2.31. The van der Waals surface area contributed by atoms with Gasteiger partial charge in [-0.2, -0.15) is 0 Å². The van der Waals surface area contributed by atoms with Crippen molar-refractivity contribution in [3.63, 3.8) is 0 Å². The quantitative estimate of drug-likeness (QED) is 0.792. The fourth-order valence-corrected chi connectivity index (χ4v) is 2.57. The Balaban J connectivity index is 1.98. The highest BCUT2D eigenvalue weighted by Gasteiger charge is 2.28. The van der Waals surface area contributed by atoms with Crippen molar-refractivity contribution in [3.05, 3.63) is 36.2 Å². The van der Waals surface area contributed by atoms with Crippen LogP contribution in [0.3, 0.4) is 0 Å². The number of allylic oxidation sites excluding steroid dienone is 1. The van der Waals surface area contributed by atoms with Crippen LogP contribution in [0.15, 0.2) is 35.1 Å². The minimum Gasteiger partial charge on any atom is -0.443 e. The highest BCUT2D eigenvalue weighted by molar-refractivity contribution is 5.92. The number of amides is 1. The first kappa shape index (κ1) is 14.6. The first-order chi connectivity index (χ1) is 10.5. The van der Waals surface area contributed by atoms with E-state index in [-0.39, 0.29) is 6.09 Å². The van der Waals surface area contributed by atoms with Gasteiger partial charge in [0.25, 0.3) is 0 Å². The van der Waals surface area contributed by atoms with Gasteiger partial charge in [-0.25, -0.2) is 9.78 Å². The van der Waals surface area contributed by atoms with Gasteiger partial charge in [-0.05, 0) is 39.7 Å². The fourth-order valence-electron chi connectivity index (χ4n) is 2.57. The number of nitrogens with zero attached hydrogens (tertiary/aromatic N) is 2. The Morgan fingerprint density at radius 1 is 1.36 bits per heavy atom. The molecule has 0 saturated heterocycles. The molecule has 5 nitrogen and oxygen atoms in total. The van der Waals surface area contributed by atoms with E-state index in [4.69, 9.17) is 9.15 Å². The number of benzene rings is 1. The first-order valence-corrected chi connectivity index (χ1v) is 7.49. The van der Waals surface area contributed by atoms with Crippen LogP contribution in [-0.2, 0) is 4.74 Å². The molecule has 0 saturated carbocycles. The van der Waals surface area contributed by atoms with E-state index in [0.717, 1.165) is 29.6 Å². The second-order valence-electron chi connectivity index (χ2n) is 6.37. The van der Waals surface area contributed by atoms with Crippen molar-refractivity contribution in [2.24, 2.45) is 0 Å². The summed E-state index contributed by atoms with van der Waals surface area (Å²) in [7, 11) is 0. The Morgan fingerprint density at radius 2 is 2.18 bits per heavy atom. The number of hydrogen-bond donors (Lipinski definition) is 0. The van der Waals surface area contributed by atoms with E-state index in [9.17, 15) is 4.79 Å². The number of carbonyl (C=O) groups excluding carboxylic acids is 1. The van der Waals surface area contributed by atoms with Crippen LogP contribution in [0.2, 0.25) is 0 Å². The molecule has 2 heterocycles. The second kappa shape index (κ2) is 5.48. The number of aromatic nitrogens is 1. The third-order valence-corrected chi connectivity index (χ3v) is 3.46. The van der Waals surface area contributed by atoms with Crippen LogP contribution in [-0.4, -0.2) is 28.1 Å². The number of ether oxygens (including phenoxy) is 1. The topological polar surface area (TPSA) is 55.6 Å². The van der Waals surface area contributed by atoms with Crippen molar-refractivity contribution in [2.75, 3.05) is 6.54 Å². The number of para-hydroxylation sites is 1. The molecule has 1 aromatic carbocycles. The van der Waals surface area contributed by atoms with Crippen molar-refractivity contribution < 1.29 is 13.9 Å². The minimum atomic E-state index is -0.514. The molecule has 2 aromatic rings. The van der Waals surface area contributed by atoms with Crippen LogP contribution < -0.4 is 0 Å². The third kappa shape index (κ3) is 2.84. The maximum atomic E-state index is 12.5. The van der Waals surface area contributed by atoms with E-state index in [1.165, 1.54) is 6.39 Å². The SMILES string of the molecule is CC(C)(C)OC(=O)N1CCCC=C1c1cccc2ocnc12. The molecule has 22 heavy (non-hydrogen) atoms. The highest BCUT2D eigenvalue weighted by Crippen LogP contribution is 2.31. The van der Waals surface area contributed by atoms with Crippen molar-refractivity contribution in [1.82, 2.24) is 9.88 Å². The molecule has 1 aromatic heterocycles. The highest BCUT2D eigenvalue weighted by atomic mass is 16.6. The molecule has 1 amide bonds. The average Bonchev–Trinajstić information content (AvgIpc) is 2.93. The van der Waals surface area contributed by atoms with Crippen LogP contribution in [0.1, 0.15) is 39.2 Å². The van der Waals surface area contributed by atoms with Gasteiger partial charge in [-0.1, -0.05) is 18.2 Å². The van der Waals surface area contributed by atoms with Gasteiger partial charge in [0.15, 0.2) is 12.0 Å². The van der Waals surface area contributed by atoms with Crippen molar-refractivity contribution in [2.45, 2.75) is 39.2 Å². The molecule has 0 atom stereocenters. The van der Waals surface area contributed by atoms with Crippen molar-refractivity contribution in [3.8, 4) is 0 Å². The molecule has 0 fully saturated rings. The molecule has 1 aliphatic heterocycles. The lowest BCUT2D eigenvalue weighted by atomic mass is 10.0. The summed E-state index contributed by atoms with van der Waals surface area (Å²) in [5.41, 5.74) is 2.72. The van der Waals surface area contributed by atoms with E-state index in [1.54, 1.807) is 4.90 Å². The minimum absolute atomic E-state index is 0.320. The molecule has 0 radical (unpaired) electrons. The zero-order valence-electron chi connectivity index (χ0n) is 13.1. The Bertz CT molecular complexity index is 725. The van der Waals surface area contributed by atoms with Crippen LogP contribution in [0.5, 0.6) is 0 Å². The largest absolute Gasteiger partial charge is 0.443 e. The van der Waals surface area contributed by atoms with Gasteiger partial charge < -0.3 is 9.15 Å². The summed E-state index contributed by atoms with van der Waals surface area (Å²) in [6.45, 7) is 6.26. The molecule has 0 bridgehead atoms. The summed E-state index contributed by atoms with van der Waals surface area (Å²) in [5.74, 6) is 0. The lowest BCUT2D eigenvalue weighted by Crippen LogP contribution is -2.37.